The molecule has 7 heteroatoms. The molecule has 106 valence electrons. The summed E-state index contributed by atoms with van der Waals surface area (Å²) in [6.45, 7) is 0. The van der Waals surface area contributed by atoms with Gasteiger partial charge in [-0.15, -0.1) is 11.8 Å². The molecule has 0 amide bonds. The van der Waals surface area contributed by atoms with Gasteiger partial charge in [-0.3, -0.25) is 0 Å². The van der Waals surface area contributed by atoms with E-state index in [0.717, 1.165) is 11.6 Å². The molecule has 0 aliphatic rings. The largest absolute Gasteiger partial charge is 0.433 e. The highest BCUT2D eigenvalue weighted by Gasteiger charge is 2.33. The summed E-state index contributed by atoms with van der Waals surface area (Å²) in [4.78, 5) is 7.44. The van der Waals surface area contributed by atoms with Crippen LogP contribution in [0.1, 0.15) is 11.3 Å². The first-order valence-electron chi connectivity index (χ1n) is 5.80. The van der Waals surface area contributed by atoms with E-state index in [0.29, 0.717) is 10.8 Å². The summed E-state index contributed by atoms with van der Waals surface area (Å²) in [5, 5.41) is 2.83. The van der Waals surface area contributed by atoms with Crippen LogP contribution in [0.3, 0.4) is 0 Å². The Hall–Kier alpha value is -1.76. The fourth-order valence-electron chi connectivity index (χ4n) is 1.49. The van der Waals surface area contributed by atoms with E-state index < -0.39 is 11.9 Å². The molecule has 0 aliphatic heterocycles. The standard InChI is InChI=1S/C13H12F3N3S/c1-17-12-18-10(13(14,15)16)7-11(19-12)20-8-9-5-3-2-4-6-9/h2-7H,8H2,1H3,(H,17,18,19). The number of benzene rings is 1. The normalized spacial score (nSPS) is 11.4. The number of nitrogens with one attached hydrogen (secondary N) is 1. The van der Waals surface area contributed by atoms with Crippen molar-refractivity contribution in [3.63, 3.8) is 0 Å². The van der Waals surface area contributed by atoms with Crippen molar-refractivity contribution >= 4 is 17.7 Å². The van der Waals surface area contributed by atoms with E-state index in [9.17, 15) is 13.2 Å². The molecule has 3 nitrogen and oxygen atoms in total. The number of hydrogen-bond donors (Lipinski definition) is 1. The predicted molar refractivity (Wildman–Crippen MR) is 72.6 cm³/mol. The molecule has 0 saturated carbocycles. The third-order valence-electron chi connectivity index (χ3n) is 2.45. The Morgan fingerprint density at radius 2 is 1.85 bits per heavy atom. The summed E-state index contributed by atoms with van der Waals surface area (Å²) >= 11 is 1.24. The van der Waals surface area contributed by atoms with Gasteiger partial charge in [-0.1, -0.05) is 30.3 Å². The Labute approximate surface area is 118 Å². The first kappa shape index (κ1) is 14.6. The molecule has 0 aliphatic carbocycles. The molecular weight excluding hydrogens is 287 g/mol. The van der Waals surface area contributed by atoms with Crippen molar-refractivity contribution in [1.82, 2.24) is 9.97 Å². The molecule has 0 unspecified atom stereocenters. The SMILES string of the molecule is CNc1nc(SCc2ccccc2)cc(C(F)(F)F)n1. The number of alkyl halides is 3. The predicted octanol–water partition coefficient (Wildman–Crippen LogP) is 3.83. The van der Waals surface area contributed by atoms with Gasteiger partial charge in [-0.2, -0.15) is 13.2 Å². The molecule has 0 saturated heterocycles. The van der Waals surface area contributed by atoms with Crippen molar-refractivity contribution < 1.29 is 13.2 Å². The summed E-state index contributed by atoms with van der Waals surface area (Å²) < 4.78 is 38.2. The highest BCUT2D eigenvalue weighted by atomic mass is 32.2. The molecule has 2 rings (SSSR count). The van der Waals surface area contributed by atoms with Crippen LogP contribution < -0.4 is 5.32 Å². The zero-order valence-corrected chi connectivity index (χ0v) is 11.4. The van der Waals surface area contributed by atoms with Crippen LogP contribution in [-0.4, -0.2) is 17.0 Å². The second-order valence-corrected chi connectivity index (χ2v) is 4.93. The summed E-state index contributed by atoms with van der Waals surface area (Å²) in [6, 6.07) is 10.5. The molecule has 1 heterocycles. The quantitative estimate of drug-likeness (QED) is 0.688. The van der Waals surface area contributed by atoms with Gasteiger partial charge in [-0.25, -0.2) is 9.97 Å². The summed E-state index contributed by atoms with van der Waals surface area (Å²) in [7, 11) is 1.49. The fraction of sp³-hybridized carbons (Fsp3) is 0.231. The van der Waals surface area contributed by atoms with Crippen LogP contribution in [0, 0.1) is 0 Å². The molecule has 0 bridgehead atoms. The van der Waals surface area contributed by atoms with Crippen molar-refractivity contribution in [2.24, 2.45) is 0 Å². The van der Waals surface area contributed by atoms with Crippen molar-refractivity contribution in [2.45, 2.75) is 17.0 Å². The van der Waals surface area contributed by atoms with Crippen molar-refractivity contribution in [2.75, 3.05) is 12.4 Å². The number of aromatic nitrogens is 2. The van der Waals surface area contributed by atoms with E-state index >= 15 is 0 Å². The summed E-state index contributed by atoms with van der Waals surface area (Å²) in [5.74, 6) is 0.522. The second kappa shape index (κ2) is 6.13. The zero-order chi connectivity index (χ0) is 14.6. The molecule has 0 spiro atoms. The van der Waals surface area contributed by atoms with Gasteiger partial charge >= 0.3 is 6.18 Å². The fourth-order valence-corrected chi connectivity index (χ4v) is 2.34. The number of halogens is 3. The first-order chi connectivity index (χ1) is 9.49. The van der Waals surface area contributed by atoms with Gasteiger partial charge in [-0.05, 0) is 5.56 Å². The minimum absolute atomic E-state index is 0.0320. The van der Waals surface area contributed by atoms with Gasteiger partial charge in [0.05, 0.1) is 0 Å². The molecule has 20 heavy (non-hydrogen) atoms. The molecule has 1 aromatic heterocycles. The van der Waals surface area contributed by atoms with Crippen LogP contribution in [0.5, 0.6) is 0 Å². The monoisotopic (exact) mass is 299 g/mol. The maximum absolute atomic E-state index is 12.7. The zero-order valence-electron chi connectivity index (χ0n) is 10.6. The van der Waals surface area contributed by atoms with Gasteiger partial charge in [0.25, 0.3) is 0 Å². The lowest BCUT2D eigenvalue weighted by molar-refractivity contribution is -0.141. The Morgan fingerprint density at radius 3 is 2.45 bits per heavy atom. The number of thioether (sulfide) groups is 1. The maximum Gasteiger partial charge on any atom is 0.433 e. The van der Waals surface area contributed by atoms with Crippen molar-refractivity contribution in [1.29, 1.82) is 0 Å². The van der Waals surface area contributed by atoms with Gasteiger partial charge in [0.1, 0.15) is 5.03 Å². The first-order valence-corrected chi connectivity index (χ1v) is 6.78. The van der Waals surface area contributed by atoms with Crippen LogP contribution in [-0.2, 0) is 11.9 Å². The van der Waals surface area contributed by atoms with E-state index in [2.05, 4.69) is 15.3 Å². The van der Waals surface area contributed by atoms with E-state index in [4.69, 9.17) is 0 Å². The van der Waals surface area contributed by atoms with Gasteiger partial charge in [0.15, 0.2) is 5.69 Å². The van der Waals surface area contributed by atoms with Gasteiger partial charge in [0.2, 0.25) is 5.95 Å². The minimum atomic E-state index is -4.48. The molecule has 2 aromatic rings. The van der Waals surface area contributed by atoms with E-state index in [1.165, 1.54) is 18.8 Å². The Bertz CT molecular complexity index is 573. The third-order valence-corrected chi connectivity index (χ3v) is 3.43. The van der Waals surface area contributed by atoms with E-state index in [-0.39, 0.29) is 5.95 Å². The Morgan fingerprint density at radius 1 is 1.15 bits per heavy atom. The average molecular weight is 299 g/mol. The number of rotatable bonds is 4. The van der Waals surface area contributed by atoms with E-state index in [1.54, 1.807) is 0 Å². The summed E-state index contributed by atoms with van der Waals surface area (Å²) in [6.07, 6.45) is -4.48. The lowest BCUT2D eigenvalue weighted by Gasteiger charge is -2.09. The summed E-state index contributed by atoms with van der Waals surface area (Å²) in [5.41, 5.74) is 0.0862. The van der Waals surface area contributed by atoms with Gasteiger partial charge < -0.3 is 5.32 Å². The Balaban J connectivity index is 2.19. The molecule has 0 fully saturated rings. The highest BCUT2D eigenvalue weighted by Crippen LogP contribution is 2.31. The lowest BCUT2D eigenvalue weighted by Crippen LogP contribution is -2.11. The molecule has 1 N–H and O–H groups in total. The van der Waals surface area contributed by atoms with Crippen LogP contribution in [0.25, 0.3) is 0 Å². The van der Waals surface area contributed by atoms with Crippen LogP contribution in [0.15, 0.2) is 41.4 Å². The highest BCUT2D eigenvalue weighted by molar-refractivity contribution is 7.98. The smallest absolute Gasteiger partial charge is 0.357 e. The third kappa shape index (κ3) is 3.86. The average Bonchev–Trinajstić information content (AvgIpc) is 2.45. The van der Waals surface area contributed by atoms with Crippen molar-refractivity contribution in [3.8, 4) is 0 Å². The van der Waals surface area contributed by atoms with Crippen LogP contribution in [0.4, 0.5) is 19.1 Å². The van der Waals surface area contributed by atoms with Crippen molar-refractivity contribution in [3.05, 3.63) is 47.7 Å². The minimum Gasteiger partial charge on any atom is -0.357 e. The molecule has 0 atom stereocenters. The number of nitrogens with zero attached hydrogens (tertiary/aromatic N) is 2. The second-order valence-electron chi connectivity index (χ2n) is 3.94. The maximum atomic E-state index is 12.7. The molecule has 1 aromatic carbocycles. The van der Waals surface area contributed by atoms with E-state index in [1.807, 2.05) is 30.3 Å². The Kier molecular flexibility index (Phi) is 4.49. The number of anilines is 1. The molecule has 0 radical (unpaired) electrons. The number of hydrogen-bond acceptors (Lipinski definition) is 4. The molecular formula is C13H12F3N3S. The van der Waals surface area contributed by atoms with Crippen LogP contribution >= 0.6 is 11.8 Å². The topological polar surface area (TPSA) is 37.8 Å². The van der Waals surface area contributed by atoms with Crippen LogP contribution in [0.2, 0.25) is 0 Å². The lowest BCUT2D eigenvalue weighted by atomic mass is 10.2. The van der Waals surface area contributed by atoms with Gasteiger partial charge in [0, 0.05) is 18.9 Å².